The summed E-state index contributed by atoms with van der Waals surface area (Å²) in [4.78, 5) is 6.06. The summed E-state index contributed by atoms with van der Waals surface area (Å²) >= 11 is 7.16. The van der Waals surface area contributed by atoms with Crippen molar-refractivity contribution in [2.75, 3.05) is 6.26 Å². The van der Waals surface area contributed by atoms with E-state index in [0.29, 0.717) is 0 Å². The fourth-order valence-corrected chi connectivity index (χ4v) is 5.24. The molecule has 0 aliphatic heterocycles. The molecule has 0 amide bonds. The number of hydrogen-bond donors (Lipinski definition) is 0. The van der Waals surface area contributed by atoms with E-state index in [9.17, 15) is 0 Å². The number of thiophene rings is 1. The third-order valence-electron chi connectivity index (χ3n) is 2.73. The molecule has 1 nitrogen and oxygen atoms in total. The molecule has 20 heavy (non-hydrogen) atoms. The van der Waals surface area contributed by atoms with E-state index in [1.165, 1.54) is 14.7 Å². The zero-order chi connectivity index (χ0) is 13.8. The summed E-state index contributed by atoms with van der Waals surface area (Å²) in [5, 5.41) is 5.45. The predicted molar refractivity (Wildman–Crippen MR) is 93.2 cm³/mol. The van der Waals surface area contributed by atoms with Gasteiger partial charge in [0.2, 0.25) is 0 Å². The molecular weight excluding hydrogens is 322 g/mol. The molecule has 0 atom stereocenters. The molecule has 0 saturated heterocycles. The largest absolute Gasteiger partial charge is 0.240 e. The topological polar surface area (TPSA) is 12.9 Å². The summed E-state index contributed by atoms with van der Waals surface area (Å²) in [5.41, 5.74) is 2.44. The Morgan fingerprint density at radius 3 is 2.75 bits per heavy atom. The lowest BCUT2D eigenvalue weighted by molar-refractivity contribution is 1.23. The van der Waals surface area contributed by atoms with Gasteiger partial charge in [0.1, 0.15) is 5.01 Å². The van der Waals surface area contributed by atoms with Crippen LogP contribution in [0.5, 0.6) is 0 Å². The molecule has 1 aromatic carbocycles. The van der Waals surface area contributed by atoms with E-state index in [2.05, 4.69) is 47.3 Å². The molecule has 0 N–H and O–H groups in total. The van der Waals surface area contributed by atoms with Crippen molar-refractivity contribution in [1.29, 1.82) is 0 Å². The minimum Gasteiger partial charge on any atom is -0.240 e. The lowest BCUT2D eigenvalue weighted by Gasteiger charge is -1.98. The molecule has 0 unspecified atom stereocenters. The first-order valence-electron chi connectivity index (χ1n) is 6.11. The Labute approximate surface area is 135 Å². The average Bonchev–Trinajstić information content (AvgIpc) is 3.14. The lowest BCUT2D eigenvalue weighted by atomic mass is 10.3. The molecule has 5 heteroatoms. The predicted octanol–water partition coefficient (Wildman–Crippen LogP) is 5.89. The van der Waals surface area contributed by atoms with E-state index in [-0.39, 0.29) is 0 Å². The smallest absolute Gasteiger partial charge is 0.125 e. The zero-order valence-electron chi connectivity index (χ0n) is 10.9. The van der Waals surface area contributed by atoms with Crippen LogP contribution in [0.15, 0.2) is 56.3 Å². The van der Waals surface area contributed by atoms with Gasteiger partial charge in [-0.3, -0.25) is 0 Å². The van der Waals surface area contributed by atoms with Crippen LogP contribution in [0, 0.1) is 0 Å². The standard InChI is InChI=1S/C15H13NS4/c1-17-15-13(7-8-18-15)14-16-11(10-20-14)9-19-12-5-3-2-4-6-12/h2-8,10H,9H2,1H3. The normalized spacial score (nSPS) is 10.8. The first kappa shape index (κ1) is 14.2. The third kappa shape index (κ3) is 3.28. The van der Waals surface area contributed by atoms with E-state index in [4.69, 9.17) is 4.98 Å². The number of hydrogen-bond acceptors (Lipinski definition) is 5. The highest BCUT2D eigenvalue weighted by molar-refractivity contribution is 8.00. The molecule has 0 bridgehead atoms. The molecule has 0 aliphatic carbocycles. The Hall–Kier alpha value is -0.750. The third-order valence-corrected chi connectivity index (χ3v) is 6.78. The number of thioether (sulfide) groups is 2. The molecule has 2 aromatic heterocycles. The number of thiazole rings is 1. The number of nitrogens with zero attached hydrogens (tertiary/aromatic N) is 1. The van der Waals surface area contributed by atoms with Crippen LogP contribution in [0.3, 0.4) is 0 Å². The first-order valence-corrected chi connectivity index (χ1v) is 10.1. The molecule has 0 fully saturated rings. The molecule has 0 radical (unpaired) electrons. The first-order chi connectivity index (χ1) is 9.86. The van der Waals surface area contributed by atoms with Gasteiger partial charge in [-0.05, 0) is 29.8 Å². The molecule has 0 aliphatic rings. The van der Waals surface area contributed by atoms with Crippen molar-refractivity contribution in [2.45, 2.75) is 14.9 Å². The van der Waals surface area contributed by atoms with Crippen molar-refractivity contribution in [3.63, 3.8) is 0 Å². The van der Waals surface area contributed by atoms with Crippen LogP contribution in [-0.4, -0.2) is 11.2 Å². The summed E-state index contributed by atoms with van der Waals surface area (Å²) in [5.74, 6) is 0.930. The van der Waals surface area contributed by atoms with Gasteiger partial charge in [-0.25, -0.2) is 4.98 Å². The van der Waals surface area contributed by atoms with Crippen molar-refractivity contribution in [3.8, 4) is 10.6 Å². The second-order valence-corrected chi connectivity index (χ2v) is 7.97. The van der Waals surface area contributed by atoms with E-state index in [1.54, 1.807) is 34.4 Å². The van der Waals surface area contributed by atoms with Gasteiger partial charge in [-0.1, -0.05) is 18.2 Å². The van der Waals surface area contributed by atoms with Gasteiger partial charge in [0.05, 0.1) is 9.90 Å². The Morgan fingerprint density at radius 1 is 1.10 bits per heavy atom. The highest BCUT2D eigenvalue weighted by Gasteiger charge is 2.10. The van der Waals surface area contributed by atoms with E-state index >= 15 is 0 Å². The van der Waals surface area contributed by atoms with Gasteiger partial charge in [-0.2, -0.15) is 0 Å². The van der Waals surface area contributed by atoms with Gasteiger partial charge in [0.15, 0.2) is 0 Å². The summed E-state index contributed by atoms with van der Waals surface area (Å²) in [6.45, 7) is 0. The lowest BCUT2D eigenvalue weighted by Crippen LogP contribution is -1.81. The molecule has 0 spiro atoms. The van der Waals surface area contributed by atoms with Crippen LogP contribution >= 0.6 is 46.2 Å². The molecule has 0 saturated carbocycles. The molecular formula is C15H13NS4. The van der Waals surface area contributed by atoms with Gasteiger partial charge in [-0.15, -0.1) is 46.2 Å². The van der Waals surface area contributed by atoms with Crippen molar-refractivity contribution < 1.29 is 0 Å². The van der Waals surface area contributed by atoms with Crippen LogP contribution in [0.2, 0.25) is 0 Å². The van der Waals surface area contributed by atoms with E-state index in [0.717, 1.165) is 16.5 Å². The second kappa shape index (κ2) is 6.80. The number of rotatable bonds is 5. The van der Waals surface area contributed by atoms with Crippen molar-refractivity contribution in [3.05, 3.63) is 52.9 Å². The molecule has 3 rings (SSSR count). The Balaban J connectivity index is 1.71. The minimum absolute atomic E-state index is 0.930. The van der Waals surface area contributed by atoms with Crippen LogP contribution < -0.4 is 0 Å². The zero-order valence-corrected chi connectivity index (χ0v) is 14.2. The molecule has 3 aromatic rings. The Morgan fingerprint density at radius 2 is 1.95 bits per heavy atom. The van der Waals surface area contributed by atoms with Gasteiger partial charge in [0.25, 0.3) is 0 Å². The maximum absolute atomic E-state index is 4.77. The summed E-state index contributed by atoms with van der Waals surface area (Å²) in [6.07, 6.45) is 2.12. The van der Waals surface area contributed by atoms with Crippen molar-refractivity contribution in [1.82, 2.24) is 4.98 Å². The SMILES string of the molecule is CSc1sccc1-c1nc(CSc2ccccc2)cs1. The van der Waals surface area contributed by atoms with Crippen LogP contribution in [0.1, 0.15) is 5.69 Å². The summed E-state index contributed by atoms with van der Waals surface area (Å²) < 4.78 is 1.35. The number of aromatic nitrogens is 1. The fraction of sp³-hybridized carbons (Fsp3) is 0.133. The quantitative estimate of drug-likeness (QED) is 0.540. The van der Waals surface area contributed by atoms with Crippen LogP contribution in [0.4, 0.5) is 0 Å². The maximum Gasteiger partial charge on any atom is 0.125 e. The second-order valence-electron chi connectivity index (χ2n) is 4.07. The summed E-state index contributed by atoms with van der Waals surface area (Å²) in [7, 11) is 0. The Kier molecular flexibility index (Phi) is 4.83. The van der Waals surface area contributed by atoms with E-state index in [1.807, 2.05) is 17.8 Å². The van der Waals surface area contributed by atoms with Crippen LogP contribution in [-0.2, 0) is 5.75 Å². The number of benzene rings is 1. The Bertz CT molecular complexity index is 672. The summed E-state index contributed by atoms with van der Waals surface area (Å²) in [6, 6.07) is 12.6. The van der Waals surface area contributed by atoms with Crippen molar-refractivity contribution in [2.24, 2.45) is 0 Å². The van der Waals surface area contributed by atoms with Gasteiger partial charge >= 0.3 is 0 Å². The van der Waals surface area contributed by atoms with Crippen molar-refractivity contribution >= 4 is 46.2 Å². The van der Waals surface area contributed by atoms with Gasteiger partial charge < -0.3 is 0 Å². The van der Waals surface area contributed by atoms with E-state index < -0.39 is 0 Å². The molecule has 102 valence electrons. The minimum atomic E-state index is 0.930. The highest BCUT2D eigenvalue weighted by Crippen LogP contribution is 2.37. The monoisotopic (exact) mass is 335 g/mol. The fourth-order valence-electron chi connectivity index (χ4n) is 1.78. The maximum atomic E-state index is 4.77. The highest BCUT2D eigenvalue weighted by atomic mass is 32.2. The van der Waals surface area contributed by atoms with Gasteiger partial charge in [0, 0.05) is 21.6 Å². The molecule has 2 heterocycles. The average molecular weight is 336 g/mol. The van der Waals surface area contributed by atoms with Crippen LogP contribution in [0.25, 0.3) is 10.6 Å².